The van der Waals surface area contributed by atoms with Gasteiger partial charge in [0.1, 0.15) is 9.84 Å². The van der Waals surface area contributed by atoms with E-state index in [0.29, 0.717) is 12.2 Å². The van der Waals surface area contributed by atoms with E-state index in [-0.39, 0.29) is 12.4 Å². The molecule has 0 bridgehead atoms. The molecule has 0 aromatic heterocycles. The van der Waals surface area contributed by atoms with Crippen LogP contribution in [0.5, 0.6) is 0 Å². The van der Waals surface area contributed by atoms with Gasteiger partial charge in [0.05, 0.1) is 12.4 Å². The summed E-state index contributed by atoms with van der Waals surface area (Å²) >= 11 is 1.55. The van der Waals surface area contributed by atoms with Crippen LogP contribution in [0.25, 0.3) is 0 Å². The lowest BCUT2D eigenvalue weighted by molar-refractivity contribution is 0.206. The van der Waals surface area contributed by atoms with E-state index in [2.05, 4.69) is 0 Å². The Morgan fingerprint density at radius 1 is 1.43 bits per heavy atom. The third kappa shape index (κ3) is 8.80. The van der Waals surface area contributed by atoms with Crippen molar-refractivity contribution in [3.63, 3.8) is 0 Å². The highest BCUT2D eigenvalue weighted by Crippen LogP contribution is 2.11. The molecule has 0 aliphatic heterocycles. The molecule has 0 rings (SSSR count). The van der Waals surface area contributed by atoms with Gasteiger partial charge in [-0.1, -0.05) is 0 Å². The van der Waals surface area contributed by atoms with Gasteiger partial charge in [-0.05, 0) is 19.1 Å². The van der Waals surface area contributed by atoms with Crippen LogP contribution in [-0.4, -0.2) is 49.2 Å². The summed E-state index contributed by atoms with van der Waals surface area (Å²) in [5, 5.41) is 8.85. The maximum absolute atomic E-state index is 10.8. The van der Waals surface area contributed by atoms with E-state index < -0.39 is 15.4 Å². The Kier molecular flexibility index (Phi) is 6.04. The number of hydrogen-bond acceptors (Lipinski definition) is 5. The molecular formula is C8H19NO3S2. The lowest BCUT2D eigenvalue weighted by Crippen LogP contribution is -2.40. The van der Waals surface area contributed by atoms with Gasteiger partial charge in [-0.25, -0.2) is 8.42 Å². The Bertz CT molecular complexity index is 249. The maximum atomic E-state index is 10.8. The highest BCUT2D eigenvalue weighted by atomic mass is 32.2. The van der Waals surface area contributed by atoms with Crippen molar-refractivity contribution < 1.29 is 13.5 Å². The molecule has 3 N–H and O–H groups in total. The van der Waals surface area contributed by atoms with Gasteiger partial charge >= 0.3 is 0 Å². The number of aliphatic hydroxyl groups is 1. The molecule has 0 radical (unpaired) electrons. The van der Waals surface area contributed by atoms with E-state index in [1.807, 2.05) is 0 Å². The predicted octanol–water partition coefficient (Wildman–Crippen LogP) is -0.136. The van der Waals surface area contributed by atoms with E-state index >= 15 is 0 Å². The van der Waals surface area contributed by atoms with Crippen LogP contribution in [0.3, 0.4) is 0 Å². The zero-order valence-corrected chi connectivity index (χ0v) is 10.3. The van der Waals surface area contributed by atoms with Gasteiger partial charge in [0.2, 0.25) is 0 Å². The maximum Gasteiger partial charge on any atom is 0.148 e. The SMILES string of the molecule is CC(N)(CO)CCSCCS(C)(=O)=O. The van der Waals surface area contributed by atoms with Crippen LogP contribution < -0.4 is 5.73 Å². The molecule has 0 aliphatic carbocycles. The Balaban J connectivity index is 3.49. The van der Waals surface area contributed by atoms with E-state index in [1.165, 1.54) is 6.26 Å². The van der Waals surface area contributed by atoms with Gasteiger partial charge in [-0.2, -0.15) is 11.8 Å². The molecule has 1 atom stereocenters. The van der Waals surface area contributed by atoms with Crippen molar-refractivity contribution in [3.05, 3.63) is 0 Å². The van der Waals surface area contributed by atoms with Crippen molar-refractivity contribution in [2.45, 2.75) is 18.9 Å². The summed E-state index contributed by atoms with van der Waals surface area (Å²) in [6.07, 6.45) is 1.92. The summed E-state index contributed by atoms with van der Waals surface area (Å²) in [5.41, 5.74) is 5.16. The Labute approximate surface area is 90.2 Å². The van der Waals surface area contributed by atoms with Crippen LogP contribution in [0.2, 0.25) is 0 Å². The van der Waals surface area contributed by atoms with Gasteiger partial charge < -0.3 is 10.8 Å². The van der Waals surface area contributed by atoms with Crippen LogP contribution in [0.4, 0.5) is 0 Å². The first-order chi connectivity index (χ1) is 6.27. The molecule has 4 nitrogen and oxygen atoms in total. The lowest BCUT2D eigenvalue weighted by atomic mass is 10.0. The van der Waals surface area contributed by atoms with Gasteiger partial charge in [0.15, 0.2) is 0 Å². The molecule has 86 valence electrons. The van der Waals surface area contributed by atoms with Gasteiger partial charge in [-0.15, -0.1) is 0 Å². The zero-order chi connectivity index (χ0) is 11.2. The highest BCUT2D eigenvalue weighted by Gasteiger charge is 2.16. The molecule has 1 unspecified atom stereocenters. The molecule has 0 spiro atoms. The van der Waals surface area contributed by atoms with Gasteiger partial charge in [0, 0.05) is 17.5 Å². The first-order valence-electron chi connectivity index (χ1n) is 4.42. The molecule has 0 saturated carbocycles. The number of thioether (sulfide) groups is 1. The molecule has 0 amide bonds. The minimum absolute atomic E-state index is 0.0420. The van der Waals surface area contributed by atoms with Crippen LogP contribution in [0, 0.1) is 0 Å². The van der Waals surface area contributed by atoms with Crippen LogP contribution in [0.1, 0.15) is 13.3 Å². The van der Waals surface area contributed by atoms with Crippen LogP contribution in [0.15, 0.2) is 0 Å². The van der Waals surface area contributed by atoms with E-state index in [9.17, 15) is 8.42 Å². The normalized spacial score (nSPS) is 16.6. The fourth-order valence-corrected chi connectivity index (χ4v) is 3.19. The fraction of sp³-hybridized carbons (Fsp3) is 1.00. The first-order valence-corrected chi connectivity index (χ1v) is 7.63. The van der Waals surface area contributed by atoms with E-state index in [0.717, 1.165) is 5.75 Å². The minimum atomic E-state index is -2.85. The molecule has 0 fully saturated rings. The van der Waals surface area contributed by atoms with Gasteiger partial charge in [0.25, 0.3) is 0 Å². The standard InChI is InChI=1S/C8H19NO3S2/c1-8(9,7-10)3-4-13-5-6-14(2,11)12/h10H,3-7,9H2,1-2H3. The number of aliphatic hydroxyl groups excluding tert-OH is 1. The lowest BCUT2D eigenvalue weighted by Gasteiger charge is -2.20. The number of sulfone groups is 1. The van der Waals surface area contributed by atoms with Crippen molar-refractivity contribution in [3.8, 4) is 0 Å². The smallest absolute Gasteiger partial charge is 0.148 e. The average Bonchev–Trinajstić information content (AvgIpc) is 2.01. The topological polar surface area (TPSA) is 80.4 Å². The largest absolute Gasteiger partial charge is 0.394 e. The van der Waals surface area contributed by atoms with E-state index in [4.69, 9.17) is 10.8 Å². The quantitative estimate of drug-likeness (QED) is 0.607. The Hall–Kier alpha value is 0.220. The predicted molar refractivity (Wildman–Crippen MR) is 61.3 cm³/mol. The third-order valence-corrected chi connectivity index (χ3v) is 3.97. The molecule has 6 heteroatoms. The number of rotatable bonds is 7. The minimum Gasteiger partial charge on any atom is -0.394 e. The van der Waals surface area contributed by atoms with Crippen molar-refractivity contribution in [2.75, 3.05) is 30.1 Å². The molecule has 14 heavy (non-hydrogen) atoms. The molecule has 0 aromatic carbocycles. The molecule has 0 aromatic rings. The number of hydrogen-bond donors (Lipinski definition) is 2. The third-order valence-electron chi connectivity index (χ3n) is 1.78. The highest BCUT2D eigenvalue weighted by molar-refractivity contribution is 8.00. The summed E-state index contributed by atoms with van der Waals surface area (Å²) < 4.78 is 21.5. The fourth-order valence-electron chi connectivity index (χ4n) is 0.697. The second-order valence-electron chi connectivity index (χ2n) is 3.80. The van der Waals surface area contributed by atoms with Gasteiger partial charge in [-0.3, -0.25) is 0 Å². The average molecular weight is 241 g/mol. The van der Waals surface area contributed by atoms with E-state index in [1.54, 1.807) is 18.7 Å². The molecular weight excluding hydrogens is 222 g/mol. The number of nitrogens with two attached hydrogens (primary N) is 1. The summed E-state index contributed by atoms with van der Waals surface area (Å²) in [7, 11) is -2.85. The first kappa shape index (κ1) is 14.2. The molecule has 0 aliphatic rings. The summed E-state index contributed by atoms with van der Waals surface area (Å²) in [6, 6.07) is 0. The summed E-state index contributed by atoms with van der Waals surface area (Å²) in [4.78, 5) is 0. The van der Waals surface area contributed by atoms with Crippen molar-refractivity contribution in [1.82, 2.24) is 0 Å². The zero-order valence-electron chi connectivity index (χ0n) is 8.69. The second kappa shape index (κ2) is 5.95. The summed E-state index contributed by atoms with van der Waals surface area (Å²) in [6.45, 7) is 1.74. The molecule has 0 heterocycles. The molecule has 0 saturated heterocycles. The monoisotopic (exact) mass is 241 g/mol. The van der Waals surface area contributed by atoms with Crippen molar-refractivity contribution >= 4 is 21.6 Å². The second-order valence-corrected chi connectivity index (χ2v) is 7.29. The van der Waals surface area contributed by atoms with Crippen molar-refractivity contribution in [1.29, 1.82) is 0 Å². The Morgan fingerprint density at radius 3 is 2.43 bits per heavy atom. The summed E-state index contributed by atoms with van der Waals surface area (Å²) in [5.74, 6) is 1.58. The van der Waals surface area contributed by atoms with Crippen molar-refractivity contribution in [2.24, 2.45) is 5.73 Å². The van der Waals surface area contributed by atoms with Crippen LogP contribution >= 0.6 is 11.8 Å². The Morgan fingerprint density at radius 2 is 2.00 bits per heavy atom. The van der Waals surface area contributed by atoms with Crippen LogP contribution in [-0.2, 0) is 9.84 Å².